The number of phenolic OH excluding ortho intramolecular Hbond substituents is 2. The van der Waals surface area contributed by atoms with Crippen LogP contribution in [0.25, 0.3) is 5.57 Å². The van der Waals surface area contributed by atoms with Gasteiger partial charge in [0.1, 0.15) is 23.6 Å². The van der Waals surface area contributed by atoms with Crippen LogP contribution in [0.4, 0.5) is 0 Å². The number of aliphatic carboxylic acids is 2. The van der Waals surface area contributed by atoms with Crippen molar-refractivity contribution in [3.05, 3.63) is 134 Å². The molecule has 6 N–H and O–H groups in total. The molecule has 0 aromatic heterocycles. The van der Waals surface area contributed by atoms with Crippen molar-refractivity contribution >= 4 is 52.5 Å². The van der Waals surface area contributed by atoms with Crippen LogP contribution in [0.2, 0.25) is 10.0 Å². The molecule has 12 heteroatoms. The van der Waals surface area contributed by atoms with Crippen LogP contribution in [0.3, 0.4) is 0 Å². The van der Waals surface area contributed by atoms with Gasteiger partial charge in [-0.25, -0.2) is 9.59 Å². The topological polar surface area (TPSA) is 173 Å². The molecule has 0 spiro atoms. The van der Waals surface area contributed by atoms with Gasteiger partial charge in [0.15, 0.2) is 0 Å². The third-order valence-electron chi connectivity index (χ3n) is 18.9. The minimum Gasteiger partial charge on any atom is -0.506 e. The number of allylic oxidation sites excluding steroid dienone is 1. The Labute approximate surface area is 454 Å². The molecule has 4 aromatic rings. The lowest BCUT2D eigenvalue weighted by Gasteiger charge is -2.61. The molecule has 75 heavy (non-hydrogen) atoms. The third-order valence-corrected chi connectivity index (χ3v) is 19.5. The Bertz CT molecular complexity index is 2600. The second-order valence-electron chi connectivity index (χ2n) is 23.8. The lowest BCUT2D eigenvalue weighted by Crippen LogP contribution is -2.53. The maximum absolute atomic E-state index is 14.0. The molecule has 4 aliphatic carbocycles. The van der Waals surface area contributed by atoms with Gasteiger partial charge in [0, 0.05) is 12.8 Å². The standard InChI is InChI=1S/C63H78Cl2N2O8/c1-37(2)14-12-15-38(3)49-24-25-50-46-23-22-44-30-41(26-28-62(44,4)51(46)27-29-63(49,50)5)20-13-21-45(42-33-47(56(68)52(64)35-42)58(70)66-54(60(72)73)31-39-16-8-6-9-17-39)43-34-48(57(69)53(65)36-43)59(71)67-55(61(74)75)32-40-18-10-7-11-19-40/h6-11,16-19,21,33-38,41,44,46,49-51,54-55,68-69H,12-15,20,22-32H2,1-5H3,(H,66,70)(H,67,71)(H,72,73)(H,74,75)/t38?,41-,44?,46-,49+,50-,51-,54-,55-,62-,63+/m0/s1. The van der Waals surface area contributed by atoms with Crippen molar-refractivity contribution in [3.63, 3.8) is 0 Å². The van der Waals surface area contributed by atoms with Crippen LogP contribution >= 0.6 is 23.2 Å². The van der Waals surface area contributed by atoms with E-state index in [2.05, 4.69) is 45.3 Å². The van der Waals surface area contributed by atoms with E-state index in [0.29, 0.717) is 56.9 Å². The zero-order valence-corrected chi connectivity index (χ0v) is 45.9. The summed E-state index contributed by atoms with van der Waals surface area (Å²) < 4.78 is 0. The van der Waals surface area contributed by atoms with Crippen molar-refractivity contribution in [2.24, 2.45) is 58.2 Å². The van der Waals surface area contributed by atoms with Crippen LogP contribution in [-0.2, 0) is 22.4 Å². The van der Waals surface area contributed by atoms with Gasteiger partial charge in [-0.2, -0.15) is 0 Å². The number of aromatic hydroxyl groups is 2. The van der Waals surface area contributed by atoms with E-state index in [1.807, 2.05) is 18.2 Å². The van der Waals surface area contributed by atoms with Crippen LogP contribution < -0.4 is 10.6 Å². The largest absolute Gasteiger partial charge is 0.506 e. The molecule has 4 fully saturated rings. The number of halogens is 2. The number of nitrogens with one attached hydrogen (secondary N) is 2. The van der Waals surface area contributed by atoms with Gasteiger partial charge in [-0.15, -0.1) is 0 Å². The van der Waals surface area contributed by atoms with Gasteiger partial charge in [-0.05, 0) is 181 Å². The second kappa shape index (κ2) is 23.9. The van der Waals surface area contributed by atoms with E-state index < -0.39 is 47.3 Å². The average molecular weight is 1060 g/mol. The number of carbonyl (C=O) groups is 4. The van der Waals surface area contributed by atoms with E-state index in [0.717, 1.165) is 54.8 Å². The molecule has 10 nitrogen and oxygen atoms in total. The van der Waals surface area contributed by atoms with Crippen LogP contribution in [0.15, 0.2) is 91.0 Å². The Morgan fingerprint density at radius 1 is 0.667 bits per heavy atom. The summed E-state index contributed by atoms with van der Waals surface area (Å²) in [4.78, 5) is 52.9. The van der Waals surface area contributed by atoms with Gasteiger partial charge in [-0.3, -0.25) is 9.59 Å². The molecule has 8 rings (SSSR count). The highest BCUT2D eigenvalue weighted by molar-refractivity contribution is 6.33. The molecule has 2 amide bonds. The molecular formula is C63H78Cl2N2O8. The fraction of sp³-hybridized carbons (Fsp3) is 0.524. The zero-order chi connectivity index (χ0) is 53.8. The number of carbonyl (C=O) groups excluding carboxylic acids is 2. The number of hydrogen-bond donors (Lipinski definition) is 6. The van der Waals surface area contributed by atoms with Crippen molar-refractivity contribution in [1.29, 1.82) is 0 Å². The summed E-state index contributed by atoms with van der Waals surface area (Å²) in [6, 6.07) is 21.0. The number of benzene rings is 4. The highest BCUT2D eigenvalue weighted by atomic mass is 35.5. The number of phenols is 2. The van der Waals surface area contributed by atoms with E-state index in [9.17, 15) is 39.6 Å². The van der Waals surface area contributed by atoms with Crippen LogP contribution in [0, 0.1) is 58.2 Å². The summed E-state index contributed by atoms with van der Waals surface area (Å²) in [7, 11) is 0. The minimum atomic E-state index is -1.33. The summed E-state index contributed by atoms with van der Waals surface area (Å²) in [5.74, 6) is 0.606. The SMILES string of the molecule is CC(C)CCCC(C)[C@H]1CC[C@H]2[C@@H]3CCC4C[C@@H](CCC=C(c5cc(Cl)c(O)c(C(=O)N[C@@H](Cc6ccccc6)C(=O)O)c5)c5cc(Cl)c(O)c(C(=O)N[C@@H](Cc6ccccc6)C(=O)O)c5)CC[C@]4(C)[C@H]3CC[C@]12C. The van der Waals surface area contributed by atoms with Crippen molar-refractivity contribution in [2.75, 3.05) is 0 Å². The van der Waals surface area contributed by atoms with Crippen molar-refractivity contribution in [2.45, 2.75) is 149 Å². The molecule has 402 valence electrons. The number of carboxylic acid groups (broad SMARTS) is 2. The molecule has 0 aliphatic heterocycles. The first kappa shape index (κ1) is 55.9. The Hall–Kier alpha value is -5.32. The smallest absolute Gasteiger partial charge is 0.326 e. The Morgan fingerprint density at radius 2 is 1.19 bits per heavy atom. The van der Waals surface area contributed by atoms with Crippen LogP contribution in [0.5, 0.6) is 11.5 Å². The number of hydrogen-bond acceptors (Lipinski definition) is 6. The molecule has 0 bridgehead atoms. The first-order valence-corrected chi connectivity index (χ1v) is 28.4. The van der Waals surface area contributed by atoms with Gasteiger partial charge in [-0.1, -0.05) is 144 Å². The summed E-state index contributed by atoms with van der Waals surface area (Å²) in [5.41, 5.74) is 2.88. The van der Waals surface area contributed by atoms with Crippen molar-refractivity contribution < 1.29 is 39.6 Å². The summed E-state index contributed by atoms with van der Waals surface area (Å²) in [6.07, 6.45) is 19.1. The number of amides is 2. The normalized spacial score (nSPS) is 26.2. The first-order chi connectivity index (χ1) is 35.8. The van der Waals surface area contributed by atoms with E-state index in [1.165, 1.54) is 88.5 Å². The van der Waals surface area contributed by atoms with Gasteiger partial charge in [0.2, 0.25) is 0 Å². The first-order valence-electron chi connectivity index (χ1n) is 27.7. The molecule has 11 atom stereocenters. The van der Waals surface area contributed by atoms with Crippen molar-refractivity contribution in [3.8, 4) is 11.5 Å². The monoisotopic (exact) mass is 1060 g/mol. The predicted molar refractivity (Wildman–Crippen MR) is 297 cm³/mol. The van der Waals surface area contributed by atoms with E-state index >= 15 is 0 Å². The molecule has 0 saturated heterocycles. The maximum Gasteiger partial charge on any atom is 0.326 e. The van der Waals surface area contributed by atoms with Gasteiger partial charge in [0.25, 0.3) is 11.8 Å². The van der Waals surface area contributed by atoms with Crippen LogP contribution in [0.1, 0.15) is 167 Å². The maximum atomic E-state index is 14.0. The fourth-order valence-electron chi connectivity index (χ4n) is 14.9. The Morgan fingerprint density at radius 3 is 1.71 bits per heavy atom. The van der Waals surface area contributed by atoms with E-state index in [1.54, 1.807) is 48.5 Å². The molecular weight excluding hydrogens is 984 g/mol. The number of carboxylic acids is 2. The third kappa shape index (κ3) is 12.4. The zero-order valence-electron chi connectivity index (χ0n) is 44.4. The van der Waals surface area contributed by atoms with Crippen molar-refractivity contribution in [1.82, 2.24) is 10.6 Å². The molecule has 0 heterocycles. The molecule has 4 aliphatic rings. The van der Waals surface area contributed by atoms with Gasteiger partial charge >= 0.3 is 11.9 Å². The number of fused-ring (bicyclic) bond motifs is 5. The summed E-state index contributed by atoms with van der Waals surface area (Å²) >= 11 is 13.4. The van der Waals surface area contributed by atoms with E-state index in [-0.39, 0.29) is 34.0 Å². The molecule has 4 aromatic carbocycles. The van der Waals surface area contributed by atoms with Crippen LogP contribution in [-0.4, -0.2) is 56.3 Å². The Balaban J connectivity index is 1.04. The summed E-state index contributed by atoms with van der Waals surface area (Å²) in [5, 5.41) is 47.6. The quantitative estimate of drug-likeness (QED) is 0.0507. The predicted octanol–water partition coefficient (Wildman–Crippen LogP) is 14.2. The molecule has 4 saturated carbocycles. The lowest BCUT2D eigenvalue weighted by atomic mass is 9.44. The lowest BCUT2D eigenvalue weighted by molar-refractivity contribution is -0.140. The van der Waals surface area contributed by atoms with Gasteiger partial charge < -0.3 is 31.1 Å². The fourth-order valence-corrected chi connectivity index (χ4v) is 15.4. The molecule has 2 unspecified atom stereocenters. The highest BCUT2D eigenvalue weighted by Crippen LogP contribution is 2.69. The Kier molecular flexibility index (Phi) is 17.8. The second-order valence-corrected chi connectivity index (χ2v) is 24.7. The van der Waals surface area contributed by atoms with E-state index in [4.69, 9.17) is 23.2 Å². The molecule has 0 radical (unpaired) electrons. The highest BCUT2D eigenvalue weighted by Gasteiger charge is 2.60. The minimum absolute atomic E-state index is 0.00686. The summed E-state index contributed by atoms with van der Waals surface area (Å²) in [6.45, 7) is 12.5. The average Bonchev–Trinajstić information content (AvgIpc) is 3.76. The van der Waals surface area contributed by atoms with Gasteiger partial charge in [0.05, 0.1) is 21.2 Å². The number of rotatable bonds is 20.